The van der Waals surface area contributed by atoms with Crippen molar-refractivity contribution in [3.05, 3.63) is 29.8 Å². The number of nitrogens with one attached hydrogen (secondary N) is 1. The van der Waals surface area contributed by atoms with Crippen molar-refractivity contribution in [1.29, 1.82) is 0 Å². The summed E-state index contributed by atoms with van der Waals surface area (Å²) in [6.45, 7) is 9.85. The Balaban J connectivity index is 1.57. The molecule has 2 fully saturated rings. The fourth-order valence-corrected chi connectivity index (χ4v) is 4.38. The van der Waals surface area contributed by atoms with Crippen molar-refractivity contribution >= 4 is 11.8 Å². The van der Waals surface area contributed by atoms with Gasteiger partial charge in [-0.15, -0.1) is 0 Å². The Morgan fingerprint density at radius 1 is 1.07 bits per heavy atom. The van der Waals surface area contributed by atoms with Crippen molar-refractivity contribution in [3.63, 3.8) is 0 Å². The smallest absolute Gasteiger partial charge is 0.251 e. The van der Waals surface area contributed by atoms with Crippen LogP contribution in [0.2, 0.25) is 0 Å². The van der Waals surface area contributed by atoms with Crippen molar-refractivity contribution in [2.24, 2.45) is 5.92 Å². The predicted molar refractivity (Wildman–Crippen MR) is 114 cm³/mol. The van der Waals surface area contributed by atoms with Crippen LogP contribution in [-0.4, -0.2) is 66.5 Å². The molecule has 2 aliphatic rings. The molecule has 1 heterocycles. The first-order valence-corrected chi connectivity index (χ1v) is 11.1. The molecule has 1 saturated heterocycles. The Kier molecular flexibility index (Phi) is 7.53. The lowest BCUT2D eigenvalue weighted by atomic mass is 10.0. The Bertz CT molecular complexity index is 675. The van der Waals surface area contributed by atoms with Gasteiger partial charge in [0.25, 0.3) is 5.91 Å². The number of carbonyl (C=O) groups excluding carboxylic acids is 2. The number of nitrogens with zero attached hydrogens (tertiary/aromatic N) is 2. The highest BCUT2D eigenvalue weighted by atomic mass is 16.5. The third kappa shape index (κ3) is 5.50. The molecule has 160 valence electrons. The number of amides is 2. The van der Waals surface area contributed by atoms with Gasteiger partial charge in [0.2, 0.25) is 5.91 Å². The maximum atomic E-state index is 13.1. The quantitative estimate of drug-likeness (QED) is 0.763. The highest BCUT2D eigenvalue weighted by Gasteiger charge is 2.33. The van der Waals surface area contributed by atoms with Gasteiger partial charge in [-0.1, -0.05) is 26.7 Å². The van der Waals surface area contributed by atoms with Gasteiger partial charge in [-0.25, -0.2) is 0 Å². The van der Waals surface area contributed by atoms with Gasteiger partial charge in [0, 0.05) is 37.8 Å². The van der Waals surface area contributed by atoms with Gasteiger partial charge in [0.15, 0.2) is 0 Å². The van der Waals surface area contributed by atoms with Crippen molar-refractivity contribution in [3.8, 4) is 5.75 Å². The predicted octanol–water partition coefficient (Wildman–Crippen LogP) is 2.93. The summed E-state index contributed by atoms with van der Waals surface area (Å²) in [6.07, 6.45) is 5.25. The summed E-state index contributed by atoms with van der Waals surface area (Å²) in [7, 11) is 0. The topological polar surface area (TPSA) is 61.9 Å². The molecule has 0 aromatic heterocycles. The molecule has 0 bridgehead atoms. The molecule has 3 rings (SSSR count). The summed E-state index contributed by atoms with van der Waals surface area (Å²) in [6, 6.07) is 7.24. The normalized spacial score (nSPS) is 19.4. The maximum Gasteiger partial charge on any atom is 0.251 e. The Morgan fingerprint density at radius 2 is 1.69 bits per heavy atom. The molecule has 6 heteroatoms. The SMILES string of the molecule is CCOc1ccc(C(=O)NC(C(=O)N2CCN(C3CCCC3)CC2)C(C)C)cc1. The zero-order valence-corrected chi connectivity index (χ0v) is 18.0. The number of carbonyl (C=O) groups is 2. The average Bonchev–Trinajstić information content (AvgIpc) is 3.27. The Labute approximate surface area is 174 Å². The van der Waals surface area contributed by atoms with Crippen molar-refractivity contribution in [2.75, 3.05) is 32.8 Å². The fraction of sp³-hybridized carbons (Fsp3) is 0.652. The molecule has 6 nitrogen and oxygen atoms in total. The molecule has 1 saturated carbocycles. The van der Waals surface area contributed by atoms with E-state index in [1.807, 2.05) is 25.7 Å². The summed E-state index contributed by atoms with van der Waals surface area (Å²) in [5, 5.41) is 2.96. The summed E-state index contributed by atoms with van der Waals surface area (Å²) >= 11 is 0. The molecule has 1 aliphatic carbocycles. The van der Waals surface area contributed by atoms with E-state index < -0.39 is 6.04 Å². The van der Waals surface area contributed by atoms with Crippen LogP contribution >= 0.6 is 0 Å². The molecule has 1 aromatic rings. The zero-order valence-electron chi connectivity index (χ0n) is 18.0. The van der Waals surface area contributed by atoms with Crippen molar-refractivity contribution in [1.82, 2.24) is 15.1 Å². The fourth-order valence-electron chi connectivity index (χ4n) is 4.38. The van der Waals surface area contributed by atoms with Crippen LogP contribution in [0.4, 0.5) is 0 Å². The van der Waals surface area contributed by atoms with Gasteiger partial charge >= 0.3 is 0 Å². The van der Waals surface area contributed by atoms with E-state index in [0.29, 0.717) is 18.2 Å². The molecule has 1 unspecified atom stereocenters. The lowest BCUT2D eigenvalue weighted by molar-refractivity contribution is -0.136. The second-order valence-corrected chi connectivity index (χ2v) is 8.45. The first-order valence-electron chi connectivity index (χ1n) is 11.1. The summed E-state index contributed by atoms with van der Waals surface area (Å²) in [5.41, 5.74) is 0.540. The Morgan fingerprint density at radius 3 is 2.24 bits per heavy atom. The van der Waals surface area contributed by atoms with E-state index in [1.54, 1.807) is 24.3 Å². The van der Waals surface area contributed by atoms with Crippen LogP contribution in [0.5, 0.6) is 5.75 Å². The van der Waals surface area contributed by atoms with E-state index in [4.69, 9.17) is 4.74 Å². The highest BCUT2D eigenvalue weighted by molar-refractivity contribution is 5.97. The van der Waals surface area contributed by atoms with E-state index in [0.717, 1.165) is 31.9 Å². The van der Waals surface area contributed by atoms with Gasteiger partial charge in [0.05, 0.1) is 6.61 Å². The molecule has 29 heavy (non-hydrogen) atoms. The van der Waals surface area contributed by atoms with Gasteiger partial charge in [-0.2, -0.15) is 0 Å². The Hall–Kier alpha value is -2.08. The summed E-state index contributed by atoms with van der Waals surface area (Å²) in [4.78, 5) is 30.3. The second-order valence-electron chi connectivity index (χ2n) is 8.45. The summed E-state index contributed by atoms with van der Waals surface area (Å²) < 4.78 is 5.43. The molecular weight excluding hydrogens is 366 g/mol. The first kappa shape index (κ1) is 21.6. The number of ether oxygens (including phenoxy) is 1. The lowest BCUT2D eigenvalue weighted by Crippen LogP contribution is -2.57. The number of rotatable bonds is 7. The second kappa shape index (κ2) is 10.1. The standard InChI is InChI=1S/C23H35N3O3/c1-4-29-20-11-9-18(10-12-20)22(27)24-21(17(2)3)23(28)26-15-13-25(14-16-26)19-7-5-6-8-19/h9-12,17,19,21H,4-8,13-16H2,1-3H3,(H,24,27). The largest absolute Gasteiger partial charge is 0.494 e. The number of hydrogen-bond acceptors (Lipinski definition) is 4. The van der Waals surface area contributed by atoms with Crippen molar-refractivity contribution in [2.45, 2.75) is 58.5 Å². The number of hydrogen-bond donors (Lipinski definition) is 1. The van der Waals surface area contributed by atoms with E-state index in [2.05, 4.69) is 10.2 Å². The van der Waals surface area contributed by atoms with E-state index in [-0.39, 0.29) is 17.7 Å². The van der Waals surface area contributed by atoms with Crippen LogP contribution in [-0.2, 0) is 4.79 Å². The van der Waals surface area contributed by atoms with Crippen LogP contribution < -0.4 is 10.1 Å². The molecule has 0 radical (unpaired) electrons. The minimum absolute atomic E-state index is 0.0296. The molecule has 1 atom stereocenters. The van der Waals surface area contributed by atoms with Crippen LogP contribution in [0.3, 0.4) is 0 Å². The van der Waals surface area contributed by atoms with Gasteiger partial charge < -0.3 is 15.0 Å². The van der Waals surface area contributed by atoms with E-state index in [9.17, 15) is 9.59 Å². The third-order valence-corrected chi connectivity index (χ3v) is 6.11. The molecule has 1 aliphatic heterocycles. The minimum atomic E-state index is -0.507. The lowest BCUT2D eigenvalue weighted by Gasteiger charge is -2.39. The molecule has 2 amide bonds. The van der Waals surface area contributed by atoms with Gasteiger partial charge in [0.1, 0.15) is 11.8 Å². The minimum Gasteiger partial charge on any atom is -0.494 e. The third-order valence-electron chi connectivity index (χ3n) is 6.11. The number of benzene rings is 1. The van der Waals surface area contributed by atoms with Crippen LogP contribution in [0, 0.1) is 5.92 Å². The maximum absolute atomic E-state index is 13.1. The zero-order chi connectivity index (χ0) is 20.8. The monoisotopic (exact) mass is 401 g/mol. The van der Waals surface area contributed by atoms with E-state index in [1.165, 1.54) is 25.7 Å². The average molecular weight is 402 g/mol. The van der Waals surface area contributed by atoms with Gasteiger partial charge in [-0.3, -0.25) is 14.5 Å². The van der Waals surface area contributed by atoms with Gasteiger partial charge in [-0.05, 0) is 49.9 Å². The first-order chi connectivity index (χ1) is 14.0. The molecular formula is C23H35N3O3. The van der Waals surface area contributed by atoms with Crippen LogP contribution in [0.25, 0.3) is 0 Å². The number of piperazine rings is 1. The summed E-state index contributed by atoms with van der Waals surface area (Å²) in [5.74, 6) is 0.581. The van der Waals surface area contributed by atoms with Crippen LogP contribution in [0.15, 0.2) is 24.3 Å². The highest BCUT2D eigenvalue weighted by Crippen LogP contribution is 2.24. The van der Waals surface area contributed by atoms with Crippen molar-refractivity contribution < 1.29 is 14.3 Å². The molecule has 1 aromatic carbocycles. The van der Waals surface area contributed by atoms with Crippen LogP contribution in [0.1, 0.15) is 56.8 Å². The molecule has 1 N–H and O–H groups in total. The molecule has 0 spiro atoms. The van der Waals surface area contributed by atoms with E-state index >= 15 is 0 Å².